The third-order valence-corrected chi connectivity index (χ3v) is 5.27. The predicted octanol–water partition coefficient (Wildman–Crippen LogP) is 1.27. The van der Waals surface area contributed by atoms with Gasteiger partial charge >= 0.3 is 11.9 Å². The highest BCUT2D eigenvalue weighted by Gasteiger charge is 2.46. The molecule has 2 heterocycles. The fourth-order valence-corrected chi connectivity index (χ4v) is 3.94. The summed E-state index contributed by atoms with van der Waals surface area (Å²) >= 11 is 0. The number of carbonyl (C=O) groups excluding carboxylic acids is 2. The number of hydrogen-bond donors (Lipinski definition) is 2. The van der Waals surface area contributed by atoms with Gasteiger partial charge in [0.15, 0.2) is 11.5 Å². The van der Waals surface area contributed by atoms with E-state index in [2.05, 4.69) is 10.7 Å². The summed E-state index contributed by atoms with van der Waals surface area (Å²) in [6, 6.07) is 2.66. The lowest BCUT2D eigenvalue weighted by atomic mass is 9.93. The summed E-state index contributed by atoms with van der Waals surface area (Å²) in [4.78, 5) is 25.1. The largest absolute Gasteiger partial charge is 0.493 e. The summed E-state index contributed by atoms with van der Waals surface area (Å²) < 4.78 is 27.0. The number of rotatable bonds is 8. The van der Waals surface area contributed by atoms with E-state index in [-0.39, 0.29) is 25.2 Å². The molecule has 10 nitrogen and oxygen atoms in total. The Bertz CT molecular complexity index is 858. The van der Waals surface area contributed by atoms with Crippen LogP contribution in [0.2, 0.25) is 0 Å². The van der Waals surface area contributed by atoms with Crippen molar-refractivity contribution >= 4 is 11.9 Å². The number of esters is 2. The van der Waals surface area contributed by atoms with E-state index < -0.39 is 18.2 Å². The van der Waals surface area contributed by atoms with Gasteiger partial charge in [-0.25, -0.2) is 4.79 Å². The summed E-state index contributed by atoms with van der Waals surface area (Å²) in [7, 11) is 4.62. The second-order valence-electron chi connectivity index (χ2n) is 6.91. The lowest BCUT2D eigenvalue weighted by Crippen LogP contribution is -2.60. The summed E-state index contributed by atoms with van der Waals surface area (Å²) in [6.45, 7) is 4.00. The molecule has 3 unspecified atom stereocenters. The minimum atomic E-state index is -0.637. The number of carbonyl (C=O) groups is 2. The van der Waals surface area contributed by atoms with Crippen molar-refractivity contribution in [3.8, 4) is 17.2 Å². The van der Waals surface area contributed by atoms with Crippen LogP contribution in [0.4, 0.5) is 0 Å². The van der Waals surface area contributed by atoms with Crippen LogP contribution in [0.5, 0.6) is 17.2 Å². The molecule has 0 amide bonds. The molecule has 2 N–H and O–H groups in total. The SMILES string of the molecule is CCOC(=O)C1=CNN2C1NC(C(=O)OCC)CC2c1ccc(OC)c(OC)c1OC. The zero-order chi connectivity index (χ0) is 22.5. The van der Waals surface area contributed by atoms with E-state index in [9.17, 15) is 9.59 Å². The summed E-state index contributed by atoms with van der Waals surface area (Å²) in [6.07, 6.45) is 1.37. The van der Waals surface area contributed by atoms with Crippen LogP contribution in [-0.2, 0) is 19.1 Å². The molecular formula is C21H29N3O7. The van der Waals surface area contributed by atoms with Gasteiger partial charge in [0.05, 0.1) is 46.2 Å². The molecule has 0 aliphatic carbocycles. The molecule has 0 radical (unpaired) electrons. The zero-order valence-corrected chi connectivity index (χ0v) is 18.4. The van der Waals surface area contributed by atoms with Gasteiger partial charge in [0.1, 0.15) is 12.2 Å². The molecule has 1 saturated heterocycles. The number of methoxy groups -OCH3 is 3. The van der Waals surface area contributed by atoms with Gasteiger partial charge in [-0.05, 0) is 32.4 Å². The summed E-state index contributed by atoms with van der Waals surface area (Å²) in [5.74, 6) is 0.610. The van der Waals surface area contributed by atoms with Crippen molar-refractivity contribution in [1.29, 1.82) is 0 Å². The molecule has 2 aliphatic rings. The van der Waals surface area contributed by atoms with Gasteiger partial charge in [-0.15, -0.1) is 0 Å². The van der Waals surface area contributed by atoms with Crippen LogP contribution in [0.3, 0.4) is 0 Å². The smallest absolute Gasteiger partial charge is 0.338 e. The van der Waals surface area contributed by atoms with Gasteiger partial charge in [0.25, 0.3) is 0 Å². The monoisotopic (exact) mass is 435 g/mol. The van der Waals surface area contributed by atoms with E-state index >= 15 is 0 Å². The van der Waals surface area contributed by atoms with E-state index in [4.69, 9.17) is 23.7 Å². The van der Waals surface area contributed by atoms with Crippen LogP contribution in [0.1, 0.15) is 31.9 Å². The molecule has 1 aromatic carbocycles. The minimum Gasteiger partial charge on any atom is -0.493 e. The van der Waals surface area contributed by atoms with Crippen molar-refractivity contribution in [3.63, 3.8) is 0 Å². The Morgan fingerprint density at radius 2 is 1.74 bits per heavy atom. The molecule has 0 spiro atoms. The first-order chi connectivity index (χ1) is 15.0. The second-order valence-corrected chi connectivity index (χ2v) is 6.91. The third-order valence-electron chi connectivity index (χ3n) is 5.27. The second kappa shape index (κ2) is 9.88. The van der Waals surface area contributed by atoms with Gasteiger partial charge in [0.2, 0.25) is 5.75 Å². The molecule has 1 fully saturated rings. The molecule has 0 saturated carbocycles. The Morgan fingerprint density at radius 3 is 2.35 bits per heavy atom. The number of nitrogens with one attached hydrogen (secondary N) is 2. The van der Waals surface area contributed by atoms with Crippen molar-refractivity contribution in [2.24, 2.45) is 0 Å². The highest BCUT2D eigenvalue weighted by Crippen LogP contribution is 2.46. The number of fused-ring (bicyclic) bond motifs is 1. The topological polar surface area (TPSA) is 108 Å². The Morgan fingerprint density at radius 1 is 1.03 bits per heavy atom. The van der Waals surface area contributed by atoms with Gasteiger partial charge in [0, 0.05) is 11.8 Å². The normalized spacial score (nSPS) is 22.6. The van der Waals surface area contributed by atoms with E-state index in [1.165, 1.54) is 7.11 Å². The molecule has 3 rings (SSSR count). The van der Waals surface area contributed by atoms with Crippen molar-refractivity contribution in [1.82, 2.24) is 15.8 Å². The molecule has 31 heavy (non-hydrogen) atoms. The Kier molecular flexibility index (Phi) is 7.24. The first-order valence-corrected chi connectivity index (χ1v) is 10.1. The summed E-state index contributed by atoms with van der Waals surface area (Å²) in [5.41, 5.74) is 4.28. The Hall–Kier alpha value is -2.98. The molecule has 2 aliphatic heterocycles. The fourth-order valence-electron chi connectivity index (χ4n) is 3.94. The molecule has 10 heteroatoms. The first-order valence-electron chi connectivity index (χ1n) is 10.1. The van der Waals surface area contributed by atoms with E-state index in [1.807, 2.05) is 11.1 Å². The maximum absolute atomic E-state index is 12.6. The van der Waals surface area contributed by atoms with Crippen LogP contribution in [0.15, 0.2) is 23.9 Å². The minimum absolute atomic E-state index is 0.247. The maximum Gasteiger partial charge on any atom is 0.338 e. The fraction of sp³-hybridized carbons (Fsp3) is 0.524. The van der Waals surface area contributed by atoms with Gasteiger partial charge in [-0.3, -0.25) is 10.1 Å². The number of benzene rings is 1. The maximum atomic E-state index is 12.6. The average Bonchev–Trinajstić information content (AvgIpc) is 3.21. The lowest BCUT2D eigenvalue weighted by molar-refractivity contribution is -0.150. The Balaban J connectivity index is 2.03. The van der Waals surface area contributed by atoms with Crippen LogP contribution < -0.4 is 25.0 Å². The molecule has 3 atom stereocenters. The Labute approximate surface area is 181 Å². The van der Waals surface area contributed by atoms with Crippen molar-refractivity contribution in [2.75, 3.05) is 34.5 Å². The lowest BCUT2D eigenvalue weighted by Gasteiger charge is -2.42. The van der Waals surface area contributed by atoms with Gasteiger partial charge in [-0.2, -0.15) is 5.01 Å². The first kappa shape index (κ1) is 22.7. The van der Waals surface area contributed by atoms with Gasteiger partial charge < -0.3 is 29.1 Å². The number of ether oxygens (including phenoxy) is 5. The number of hydrogen-bond acceptors (Lipinski definition) is 10. The number of nitrogens with zero attached hydrogens (tertiary/aromatic N) is 1. The average molecular weight is 435 g/mol. The number of hydrazine groups is 1. The van der Waals surface area contributed by atoms with Crippen molar-refractivity contribution < 1.29 is 33.3 Å². The van der Waals surface area contributed by atoms with Crippen LogP contribution in [0, 0.1) is 0 Å². The molecule has 1 aromatic rings. The summed E-state index contributed by atoms with van der Waals surface area (Å²) in [5, 5.41) is 5.05. The van der Waals surface area contributed by atoms with Crippen molar-refractivity contribution in [3.05, 3.63) is 29.5 Å². The quantitative estimate of drug-likeness (QED) is 0.580. The molecule has 170 valence electrons. The highest BCUT2D eigenvalue weighted by atomic mass is 16.5. The zero-order valence-electron chi connectivity index (χ0n) is 18.4. The third kappa shape index (κ3) is 4.26. The van der Waals surface area contributed by atoms with E-state index in [0.29, 0.717) is 29.2 Å². The van der Waals surface area contributed by atoms with Gasteiger partial charge in [-0.1, -0.05) is 0 Å². The molecular weight excluding hydrogens is 406 g/mol. The van der Waals surface area contributed by atoms with E-state index in [0.717, 1.165) is 5.56 Å². The predicted molar refractivity (Wildman–Crippen MR) is 110 cm³/mol. The van der Waals surface area contributed by atoms with Crippen LogP contribution >= 0.6 is 0 Å². The van der Waals surface area contributed by atoms with Crippen LogP contribution in [-0.4, -0.2) is 63.7 Å². The molecule has 0 bridgehead atoms. The van der Waals surface area contributed by atoms with E-state index in [1.54, 1.807) is 40.3 Å². The standard InChI is InChI=1S/C21H29N3O7/c1-6-30-20(25)13-11-22-24-15(10-14(23-19(13)24)21(26)31-7-2)12-8-9-16(27-3)18(29-5)17(12)28-4/h8-9,11,14-15,19,22-23H,6-7,10H2,1-5H3. The molecule has 0 aromatic heterocycles. The highest BCUT2D eigenvalue weighted by molar-refractivity contribution is 5.90. The van der Waals surface area contributed by atoms with Crippen molar-refractivity contribution in [2.45, 2.75) is 38.5 Å². The van der Waals surface area contributed by atoms with Crippen LogP contribution in [0.25, 0.3) is 0 Å².